The third kappa shape index (κ3) is 5.46. The number of benzene rings is 1. The zero-order chi connectivity index (χ0) is 12.7. The van der Waals surface area contributed by atoms with Crippen molar-refractivity contribution in [1.29, 1.82) is 0 Å². The van der Waals surface area contributed by atoms with Gasteiger partial charge in [-0.25, -0.2) is 5.48 Å². The van der Waals surface area contributed by atoms with Crippen LogP contribution in [0.5, 0.6) is 0 Å². The van der Waals surface area contributed by atoms with Crippen molar-refractivity contribution in [1.82, 2.24) is 10.8 Å². The van der Waals surface area contributed by atoms with Gasteiger partial charge >= 0.3 is 0 Å². The van der Waals surface area contributed by atoms with Gasteiger partial charge in [-0.3, -0.25) is 14.4 Å². The normalized spacial score (nSPS) is 9.76. The highest BCUT2D eigenvalue weighted by Crippen LogP contribution is 2.10. The Morgan fingerprint density at radius 3 is 2.47 bits per heavy atom. The Balaban J connectivity index is 2.30. The zero-order valence-electron chi connectivity index (χ0n) is 9.33. The van der Waals surface area contributed by atoms with E-state index in [1.165, 1.54) is 7.05 Å². The third-order valence-electron chi connectivity index (χ3n) is 1.95. The number of hydrogen-bond donors (Lipinski definition) is 2. The molecule has 5 nitrogen and oxygen atoms in total. The third-order valence-corrected chi connectivity index (χ3v) is 2.47. The fourth-order valence-corrected chi connectivity index (χ4v) is 1.34. The van der Waals surface area contributed by atoms with E-state index in [-0.39, 0.29) is 24.8 Å². The zero-order valence-corrected chi connectivity index (χ0v) is 10.9. The molecule has 6 heteroatoms. The van der Waals surface area contributed by atoms with Crippen molar-refractivity contribution in [3.63, 3.8) is 0 Å². The van der Waals surface area contributed by atoms with Crippen molar-refractivity contribution in [3.8, 4) is 0 Å². The average molecular weight is 301 g/mol. The van der Waals surface area contributed by atoms with Crippen LogP contribution in [0.4, 0.5) is 0 Å². The summed E-state index contributed by atoms with van der Waals surface area (Å²) < 4.78 is 0.956. The smallest absolute Gasteiger partial charge is 0.248 e. The molecule has 0 heterocycles. The maximum Gasteiger partial charge on any atom is 0.248 e. The van der Waals surface area contributed by atoms with Gasteiger partial charge in [0.1, 0.15) is 0 Å². The lowest BCUT2D eigenvalue weighted by Gasteiger charge is -2.05. The summed E-state index contributed by atoms with van der Waals surface area (Å²) in [7, 11) is 1.50. The van der Waals surface area contributed by atoms with E-state index >= 15 is 0 Å². The number of hydrogen-bond acceptors (Lipinski definition) is 3. The van der Waals surface area contributed by atoms with Crippen molar-refractivity contribution < 1.29 is 14.4 Å². The predicted octanol–water partition coefficient (Wildman–Crippen LogP) is 0.785. The Bertz CT molecular complexity index is 392. The Hall–Kier alpha value is -1.40. The molecule has 0 aliphatic rings. The molecule has 92 valence electrons. The Morgan fingerprint density at radius 1 is 1.24 bits per heavy atom. The summed E-state index contributed by atoms with van der Waals surface area (Å²) in [5.74, 6) is -0.592. The molecule has 1 aromatic carbocycles. The van der Waals surface area contributed by atoms with Crippen LogP contribution in [-0.2, 0) is 20.8 Å². The van der Waals surface area contributed by atoms with Gasteiger partial charge in [-0.05, 0) is 17.7 Å². The monoisotopic (exact) mass is 300 g/mol. The maximum atomic E-state index is 11.4. The fourth-order valence-electron chi connectivity index (χ4n) is 1.08. The summed E-state index contributed by atoms with van der Waals surface area (Å²) in [5.41, 5.74) is 3.07. The van der Waals surface area contributed by atoms with E-state index in [1.807, 2.05) is 24.3 Å². The lowest BCUT2D eigenvalue weighted by Crippen LogP contribution is -2.31. The van der Waals surface area contributed by atoms with Crippen LogP contribution < -0.4 is 10.8 Å². The first-order valence-corrected chi connectivity index (χ1v) is 5.77. The SMILES string of the molecule is CNC(=O)CONC(=O)Cc1ccc(Br)cc1. The molecule has 0 saturated heterocycles. The lowest BCUT2D eigenvalue weighted by molar-refractivity contribution is -0.138. The highest BCUT2D eigenvalue weighted by Gasteiger charge is 2.04. The molecule has 0 fully saturated rings. The van der Waals surface area contributed by atoms with Crippen molar-refractivity contribution in [3.05, 3.63) is 34.3 Å². The second kappa shape index (κ2) is 7.03. The molecule has 2 amide bonds. The van der Waals surface area contributed by atoms with E-state index in [0.29, 0.717) is 0 Å². The van der Waals surface area contributed by atoms with Gasteiger partial charge in [0, 0.05) is 11.5 Å². The molecule has 0 spiro atoms. The Kier molecular flexibility index (Phi) is 5.65. The van der Waals surface area contributed by atoms with Crippen LogP contribution in [-0.4, -0.2) is 25.5 Å². The highest BCUT2D eigenvalue weighted by molar-refractivity contribution is 9.10. The summed E-state index contributed by atoms with van der Waals surface area (Å²) in [6, 6.07) is 7.38. The average Bonchev–Trinajstić information content (AvgIpc) is 2.32. The van der Waals surface area contributed by atoms with Gasteiger partial charge in [-0.15, -0.1) is 0 Å². The Morgan fingerprint density at radius 2 is 1.88 bits per heavy atom. The van der Waals surface area contributed by atoms with Gasteiger partial charge in [-0.1, -0.05) is 28.1 Å². The number of carbonyl (C=O) groups excluding carboxylic acids is 2. The first-order chi connectivity index (χ1) is 8.11. The van der Waals surface area contributed by atoms with Crippen molar-refractivity contribution in [2.75, 3.05) is 13.7 Å². The molecule has 0 unspecified atom stereocenters. The second-order valence-corrected chi connectivity index (χ2v) is 4.21. The fraction of sp³-hybridized carbons (Fsp3) is 0.273. The van der Waals surface area contributed by atoms with Gasteiger partial charge in [0.2, 0.25) is 11.8 Å². The summed E-state index contributed by atoms with van der Waals surface area (Å²) in [6.45, 7) is -0.192. The standard InChI is InChI=1S/C11H13BrN2O3/c1-13-11(16)7-17-14-10(15)6-8-2-4-9(12)5-3-8/h2-5H,6-7H2,1H3,(H,13,16)(H,14,15). The molecule has 0 saturated carbocycles. The second-order valence-electron chi connectivity index (χ2n) is 3.29. The molecule has 1 aromatic rings. The number of amides is 2. The van der Waals surface area contributed by atoms with Crippen LogP contribution in [0.2, 0.25) is 0 Å². The van der Waals surface area contributed by atoms with Gasteiger partial charge < -0.3 is 5.32 Å². The number of rotatable bonds is 5. The van der Waals surface area contributed by atoms with Crippen LogP contribution in [0.1, 0.15) is 5.56 Å². The van der Waals surface area contributed by atoms with Crippen LogP contribution in [0.3, 0.4) is 0 Å². The van der Waals surface area contributed by atoms with E-state index < -0.39 is 0 Å². The van der Waals surface area contributed by atoms with E-state index in [2.05, 4.69) is 26.7 Å². The minimum absolute atomic E-state index is 0.192. The molecule has 0 aliphatic carbocycles. The highest BCUT2D eigenvalue weighted by atomic mass is 79.9. The summed E-state index contributed by atoms with van der Waals surface area (Å²) in [5, 5.41) is 2.37. The summed E-state index contributed by atoms with van der Waals surface area (Å²) in [6.07, 6.45) is 0.209. The number of halogens is 1. The van der Waals surface area contributed by atoms with Gasteiger partial charge in [0.05, 0.1) is 6.42 Å². The number of carbonyl (C=O) groups is 2. The largest absolute Gasteiger partial charge is 0.357 e. The predicted molar refractivity (Wildman–Crippen MR) is 66.0 cm³/mol. The van der Waals surface area contributed by atoms with E-state index in [4.69, 9.17) is 4.84 Å². The Labute approximate surface area is 108 Å². The topological polar surface area (TPSA) is 67.4 Å². The summed E-state index contributed by atoms with van der Waals surface area (Å²) in [4.78, 5) is 26.9. The molecule has 0 aromatic heterocycles. The molecular weight excluding hydrogens is 288 g/mol. The minimum Gasteiger partial charge on any atom is -0.357 e. The number of nitrogens with one attached hydrogen (secondary N) is 2. The molecular formula is C11H13BrN2O3. The molecule has 0 aliphatic heterocycles. The molecule has 1 rings (SSSR count). The first-order valence-electron chi connectivity index (χ1n) is 4.97. The molecule has 0 radical (unpaired) electrons. The van der Waals surface area contributed by atoms with Crippen LogP contribution in [0, 0.1) is 0 Å². The van der Waals surface area contributed by atoms with Gasteiger partial charge in [-0.2, -0.15) is 0 Å². The van der Waals surface area contributed by atoms with Crippen molar-refractivity contribution in [2.24, 2.45) is 0 Å². The van der Waals surface area contributed by atoms with Crippen LogP contribution in [0.15, 0.2) is 28.7 Å². The van der Waals surface area contributed by atoms with Crippen molar-refractivity contribution >= 4 is 27.7 Å². The number of likely N-dealkylation sites (N-methyl/N-ethyl adjacent to an activating group) is 1. The van der Waals surface area contributed by atoms with E-state index in [9.17, 15) is 9.59 Å². The summed E-state index contributed by atoms with van der Waals surface area (Å²) >= 11 is 3.31. The van der Waals surface area contributed by atoms with Gasteiger partial charge in [0.25, 0.3) is 0 Å². The van der Waals surface area contributed by atoms with E-state index in [1.54, 1.807) is 0 Å². The molecule has 2 N–H and O–H groups in total. The molecule has 0 bridgehead atoms. The quantitative estimate of drug-likeness (QED) is 0.790. The molecule has 17 heavy (non-hydrogen) atoms. The first kappa shape index (κ1) is 13.7. The lowest BCUT2D eigenvalue weighted by atomic mass is 10.1. The maximum absolute atomic E-state index is 11.4. The van der Waals surface area contributed by atoms with Crippen LogP contribution >= 0.6 is 15.9 Å². The van der Waals surface area contributed by atoms with E-state index in [0.717, 1.165) is 10.0 Å². The van der Waals surface area contributed by atoms with Crippen LogP contribution in [0.25, 0.3) is 0 Å². The number of hydroxylamine groups is 1. The minimum atomic E-state index is -0.297. The molecule has 0 atom stereocenters. The van der Waals surface area contributed by atoms with Gasteiger partial charge in [0.15, 0.2) is 6.61 Å². The van der Waals surface area contributed by atoms with Crippen molar-refractivity contribution in [2.45, 2.75) is 6.42 Å².